The van der Waals surface area contributed by atoms with E-state index in [1.807, 2.05) is 0 Å². The molecule has 0 aromatic rings. The Hall–Kier alpha value is -1.94. The largest absolute Gasteiger partial charge is 0.472 e. The number of carbonyl (C=O) groups excluding carboxylic acids is 4. The van der Waals surface area contributed by atoms with Crippen LogP contribution >= 0.6 is 15.6 Å². The van der Waals surface area contributed by atoms with E-state index in [1.54, 1.807) is 0 Å². The Morgan fingerprint density at radius 2 is 0.543 bits per heavy atom. The summed E-state index contributed by atoms with van der Waals surface area (Å²) >= 11 is 0. The molecule has 3 N–H and O–H groups in total. The first-order valence-corrected chi connectivity index (χ1v) is 41.9. The zero-order valence-electron chi connectivity index (χ0n) is 61.4. The highest BCUT2D eigenvalue weighted by atomic mass is 31.2. The van der Waals surface area contributed by atoms with Gasteiger partial charge in [-0.25, -0.2) is 9.13 Å². The van der Waals surface area contributed by atoms with Crippen LogP contribution in [0.2, 0.25) is 0 Å². The zero-order chi connectivity index (χ0) is 69.4. The Morgan fingerprint density at radius 3 is 0.809 bits per heavy atom. The van der Waals surface area contributed by atoms with E-state index in [0.717, 1.165) is 114 Å². The Bertz CT molecular complexity index is 1840. The predicted octanol–water partition coefficient (Wildman–Crippen LogP) is 21.8. The van der Waals surface area contributed by atoms with Crippen LogP contribution in [0, 0.1) is 17.8 Å². The number of ether oxygens (including phenoxy) is 4. The standard InChI is InChI=1S/C75H146O17P2/c1-8-10-11-12-13-14-15-16-17-18-19-20-21-26-29-35-44-51-58-74(79)91-70(62-85-72(77)56-49-42-34-28-25-23-22-24-27-32-39-46-53-66(3)4)64-89-93(81,82)87-60-69(76)61-88-94(83,84)90-65-71(63-86-73(78)57-50-43-38-37-41-48-55-68(7)9-2)92-75(80)59-52-45-36-31-30-33-40-47-54-67(5)6/h66-71,76H,8-65H2,1-7H3,(H,81,82)(H,83,84)/t68?,69-,70-,71-/m1/s1. The molecule has 0 amide bonds. The molecule has 0 rings (SSSR count). The number of hydrogen-bond donors (Lipinski definition) is 3. The Kier molecular flexibility index (Phi) is 64.3. The molecule has 0 saturated carbocycles. The summed E-state index contributed by atoms with van der Waals surface area (Å²) in [4.78, 5) is 72.7. The third kappa shape index (κ3) is 67.3. The van der Waals surface area contributed by atoms with Crippen LogP contribution in [0.5, 0.6) is 0 Å². The van der Waals surface area contributed by atoms with E-state index >= 15 is 0 Å². The third-order valence-electron chi connectivity index (χ3n) is 17.7. The second-order valence-electron chi connectivity index (χ2n) is 28.2. The predicted molar refractivity (Wildman–Crippen MR) is 381 cm³/mol. The average Bonchev–Trinajstić information content (AvgIpc) is 1.22. The number of esters is 4. The molecular formula is C75H146O17P2. The molecule has 0 aliphatic rings. The van der Waals surface area contributed by atoms with Crippen molar-refractivity contribution in [3.05, 3.63) is 0 Å². The molecule has 0 aliphatic carbocycles. The lowest BCUT2D eigenvalue weighted by atomic mass is 10.00. The van der Waals surface area contributed by atoms with Crippen LogP contribution in [0.25, 0.3) is 0 Å². The summed E-state index contributed by atoms with van der Waals surface area (Å²) < 4.78 is 68.5. The first-order chi connectivity index (χ1) is 45.3. The minimum absolute atomic E-state index is 0.103. The van der Waals surface area contributed by atoms with Gasteiger partial charge in [-0.15, -0.1) is 0 Å². The SMILES string of the molecule is CCCCCCCCCCCCCCCCCCCCC(=O)O[C@H](COC(=O)CCCCCCCCCCCCCCC(C)C)COP(=O)(O)OC[C@@H](O)COP(=O)(O)OC[C@@H](COC(=O)CCCCCCCCC(C)CC)OC(=O)CCCCCCCCCCC(C)C. The molecule has 0 aromatic heterocycles. The lowest BCUT2D eigenvalue weighted by molar-refractivity contribution is -0.161. The summed E-state index contributed by atoms with van der Waals surface area (Å²) in [6.45, 7) is 11.8. The van der Waals surface area contributed by atoms with Gasteiger partial charge in [-0.2, -0.15) is 0 Å². The van der Waals surface area contributed by atoms with Crippen LogP contribution in [0.1, 0.15) is 382 Å². The first kappa shape index (κ1) is 92.1. The number of aliphatic hydroxyl groups is 1. The third-order valence-corrected chi connectivity index (χ3v) is 19.6. The molecule has 19 heteroatoms. The van der Waals surface area contributed by atoms with E-state index in [4.69, 9.17) is 37.0 Å². The van der Waals surface area contributed by atoms with Gasteiger partial charge in [-0.1, -0.05) is 331 Å². The van der Waals surface area contributed by atoms with Gasteiger partial charge in [0, 0.05) is 25.7 Å². The molecule has 0 saturated heterocycles. The molecule has 0 bridgehead atoms. The van der Waals surface area contributed by atoms with Crippen molar-refractivity contribution < 1.29 is 80.2 Å². The Balaban J connectivity index is 5.24. The van der Waals surface area contributed by atoms with Gasteiger partial charge in [0.2, 0.25) is 0 Å². The van der Waals surface area contributed by atoms with E-state index in [9.17, 15) is 43.2 Å². The molecular weight excluding hydrogens is 1230 g/mol. The van der Waals surface area contributed by atoms with Crippen LogP contribution in [0.3, 0.4) is 0 Å². The maximum absolute atomic E-state index is 13.1. The van der Waals surface area contributed by atoms with Crippen LogP contribution in [0.15, 0.2) is 0 Å². The fraction of sp³-hybridized carbons (Fsp3) is 0.947. The molecule has 17 nitrogen and oxygen atoms in total. The van der Waals surface area contributed by atoms with Gasteiger partial charge in [-0.3, -0.25) is 37.3 Å². The number of carbonyl (C=O) groups is 4. The Morgan fingerprint density at radius 1 is 0.309 bits per heavy atom. The van der Waals surface area contributed by atoms with Crippen LogP contribution in [-0.4, -0.2) is 96.7 Å². The van der Waals surface area contributed by atoms with Crippen molar-refractivity contribution >= 4 is 39.5 Å². The molecule has 6 atom stereocenters. The number of phosphoric ester groups is 2. The topological polar surface area (TPSA) is 237 Å². The molecule has 558 valence electrons. The average molecular weight is 1380 g/mol. The first-order valence-electron chi connectivity index (χ1n) is 38.9. The zero-order valence-corrected chi connectivity index (χ0v) is 63.2. The molecule has 0 aliphatic heterocycles. The van der Waals surface area contributed by atoms with E-state index in [2.05, 4.69) is 48.5 Å². The van der Waals surface area contributed by atoms with Crippen LogP contribution in [-0.2, 0) is 65.4 Å². The number of aliphatic hydroxyl groups excluding tert-OH is 1. The number of unbranched alkanes of at least 4 members (excludes halogenated alkanes) is 40. The van der Waals surface area contributed by atoms with Gasteiger partial charge in [0.05, 0.1) is 26.4 Å². The van der Waals surface area contributed by atoms with Crippen molar-refractivity contribution in [3.8, 4) is 0 Å². The highest BCUT2D eigenvalue weighted by Crippen LogP contribution is 2.45. The minimum atomic E-state index is -4.96. The van der Waals surface area contributed by atoms with Crippen molar-refractivity contribution in [2.45, 2.75) is 401 Å². The quantitative estimate of drug-likeness (QED) is 0.0222. The van der Waals surface area contributed by atoms with Crippen molar-refractivity contribution in [2.75, 3.05) is 39.6 Å². The molecule has 0 radical (unpaired) electrons. The molecule has 3 unspecified atom stereocenters. The van der Waals surface area contributed by atoms with E-state index in [0.29, 0.717) is 25.7 Å². The molecule has 0 heterocycles. The minimum Gasteiger partial charge on any atom is -0.462 e. The Labute approximate surface area is 575 Å². The molecule has 94 heavy (non-hydrogen) atoms. The summed E-state index contributed by atoms with van der Waals surface area (Å²) in [5, 5.41) is 10.6. The lowest BCUT2D eigenvalue weighted by Gasteiger charge is -2.21. The highest BCUT2D eigenvalue weighted by molar-refractivity contribution is 7.47. The highest BCUT2D eigenvalue weighted by Gasteiger charge is 2.30. The summed E-state index contributed by atoms with van der Waals surface area (Å²) in [5.41, 5.74) is 0. The normalized spacial score (nSPS) is 14.4. The number of rotatable bonds is 73. The summed E-state index contributed by atoms with van der Waals surface area (Å²) in [5.74, 6) is 0.109. The maximum Gasteiger partial charge on any atom is 0.472 e. The maximum atomic E-state index is 13.1. The van der Waals surface area contributed by atoms with Crippen molar-refractivity contribution in [2.24, 2.45) is 17.8 Å². The van der Waals surface area contributed by atoms with Gasteiger partial charge < -0.3 is 33.8 Å². The second-order valence-corrected chi connectivity index (χ2v) is 31.1. The smallest absolute Gasteiger partial charge is 0.462 e. The lowest BCUT2D eigenvalue weighted by Crippen LogP contribution is -2.30. The van der Waals surface area contributed by atoms with Gasteiger partial charge in [0.1, 0.15) is 19.3 Å². The number of phosphoric acid groups is 2. The fourth-order valence-corrected chi connectivity index (χ4v) is 13.0. The van der Waals surface area contributed by atoms with Crippen LogP contribution < -0.4 is 0 Å². The molecule has 0 fully saturated rings. The summed E-state index contributed by atoms with van der Waals surface area (Å²) in [6, 6.07) is 0. The number of hydrogen-bond acceptors (Lipinski definition) is 15. The van der Waals surface area contributed by atoms with E-state index in [-0.39, 0.29) is 25.7 Å². The van der Waals surface area contributed by atoms with Crippen molar-refractivity contribution in [1.29, 1.82) is 0 Å². The fourth-order valence-electron chi connectivity index (χ4n) is 11.4. The van der Waals surface area contributed by atoms with E-state index < -0.39 is 97.5 Å². The van der Waals surface area contributed by atoms with Gasteiger partial charge in [0.25, 0.3) is 0 Å². The van der Waals surface area contributed by atoms with Gasteiger partial charge in [0.15, 0.2) is 12.2 Å². The summed E-state index contributed by atoms with van der Waals surface area (Å²) in [6.07, 6.45) is 51.4. The van der Waals surface area contributed by atoms with Crippen molar-refractivity contribution in [1.82, 2.24) is 0 Å². The van der Waals surface area contributed by atoms with E-state index in [1.165, 1.54) is 186 Å². The molecule has 0 spiro atoms. The van der Waals surface area contributed by atoms with Gasteiger partial charge in [-0.05, 0) is 43.4 Å². The monoisotopic (exact) mass is 1380 g/mol. The summed E-state index contributed by atoms with van der Waals surface area (Å²) in [7, 11) is -9.91. The second kappa shape index (κ2) is 65.7. The molecule has 0 aromatic carbocycles. The van der Waals surface area contributed by atoms with Gasteiger partial charge >= 0.3 is 39.5 Å². The van der Waals surface area contributed by atoms with Crippen LogP contribution in [0.4, 0.5) is 0 Å². The van der Waals surface area contributed by atoms with Crippen molar-refractivity contribution in [3.63, 3.8) is 0 Å².